The number of imide groups is 1. The van der Waals surface area contributed by atoms with Gasteiger partial charge in [0.2, 0.25) is 5.91 Å². The van der Waals surface area contributed by atoms with Gasteiger partial charge in [0.05, 0.1) is 23.4 Å². The molecule has 3 N–H and O–H groups in total. The lowest BCUT2D eigenvalue weighted by atomic mass is 9.87. The Hall–Kier alpha value is -2.79. The van der Waals surface area contributed by atoms with E-state index in [1.54, 1.807) is 37.3 Å². The Bertz CT molecular complexity index is 1050. The third-order valence-corrected chi connectivity index (χ3v) is 6.44. The van der Waals surface area contributed by atoms with E-state index in [1.165, 1.54) is 11.8 Å². The molecular formula is C24H26IN3O5. The van der Waals surface area contributed by atoms with Crippen LogP contribution in [0.2, 0.25) is 0 Å². The Morgan fingerprint density at radius 1 is 1.12 bits per heavy atom. The molecule has 174 valence electrons. The van der Waals surface area contributed by atoms with Gasteiger partial charge in [0.25, 0.3) is 11.8 Å². The van der Waals surface area contributed by atoms with Gasteiger partial charge in [0.1, 0.15) is 6.04 Å². The Kier molecular flexibility index (Phi) is 8.20. The molecule has 0 unspecified atom stereocenters. The van der Waals surface area contributed by atoms with Gasteiger partial charge in [-0.05, 0) is 72.2 Å². The molecule has 0 bridgehead atoms. The number of carbonyl (C=O) groups is 4. The quantitative estimate of drug-likeness (QED) is 0.275. The molecule has 0 saturated carbocycles. The van der Waals surface area contributed by atoms with E-state index in [0.717, 1.165) is 9.13 Å². The van der Waals surface area contributed by atoms with E-state index in [0.29, 0.717) is 29.7 Å². The number of nitrogens with one attached hydrogen (secondary N) is 1. The highest BCUT2D eigenvalue weighted by atomic mass is 127. The van der Waals surface area contributed by atoms with E-state index in [9.17, 15) is 19.2 Å². The van der Waals surface area contributed by atoms with Crippen molar-refractivity contribution in [1.29, 1.82) is 0 Å². The number of hydrogen-bond donors (Lipinski definition) is 2. The zero-order valence-electron chi connectivity index (χ0n) is 18.5. The van der Waals surface area contributed by atoms with Crippen molar-refractivity contribution in [3.8, 4) is 0 Å². The smallest absolute Gasteiger partial charge is 0.323 e. The number of carbonyl (C=O) groups excluding carboxylic acids is 4. The summed E-state index contributed by atoms with van der Waals surface area (Å²) in [5, 5.41) is 2.78. The minimum absolute atomic E-state index is 0.206. The number of rotatable bonds is 9. The van der Waals surface area contributed by atoms with E-state index in [-0.39, 0.29) is 30.9 Å². The van der Waals surface area contributed by atoms with E-state index in [1.807, 2.05) is 12.1 Å². The number of ether oxygens (including phenoxy) is 1. The van der Waals surface area contributed by atoms with Crippen LogP contribution in [0.25, 0.3) is 0 Å². The molecule has 3 amide bonds. The van der Waals surface area contributed by atoms with Crippen LogP contribution in [-0.2, 0) is 14.3 Å². The second-order valence-electron chi connectivity index (χ2n) is 7.75. The summed E-state index contributed by atoms with van der Waals surface area (Å²) >= 11 is 2.12. The molecule has 3 rings (SSSR count). The molecule has 2 aromatic rings. The molecule has 0 aliphatic carbocycles. The van der Waals surface area contributed by atoms with Crippen molar-refractivity contribution in [2.75, 3.05) is 18.5 Å². The van der Waals surface area contributed by atoms with Crippen LogP contribution in [0.3, 0.4) is 0 Å². The Labute approximate surface area is 206 Å². The predicted molar refractivity (Wildman–Crippen MR) is 132 cm³/mol. The van der Waals surface area contributed by atoms with Crippen LogP contribution in [0, 0.1) is 3.57 Å². The molecular weight excluding hydrogens is 537 g/mol. The first kappa shape index (κ1) is 24.8. The standard InChI is InChI=1S/C24H26IN3O5/c1-3-33-24(32)21(26)16(15-10-11-19(25)20(13-15)27-14(2)29)9-6-12-28-22(30)17-7-4-5-8-18(17)23(28)31/h4-5,7-8,10-11,13,16,21H,3,6,9,12,26H2,1-2H3,(H,27,29)/t16-,21-/m0/s1. The molecule has 1 aliphatic rings. The average molecular weight is 563 g/mol. The summed E-state index contributed by atoms with van der Waals surface area (Å²) in [4.78, 5) is 50.5. The second-order valence-corrected chi connectivity index (χ2v) is 8.92. The van der Waals surface area contributed by atoms with Gasteiger partial charge in [-0.2, -0.15) is 0 Å². The van der Waals surface area contributed by atoms with Crippen LogP contribution in [0.15, 0.2) is 42.5 Å². The first-order valence-corrected chi connectivity index (χ1v) is 11.8. The van der Waals surface area contributed by atoms with E-state index in [4.69, 9.17) is 10.5 Å². The maximum Gasteiger partial charge on any atom is 0.323 e. The fourth-order valence-electron chi connectivity index (χ4n) is 3.93. The summed E-state index contributed by atoms with van der Waals surface area (Å²) in [6, 6.07) is 11.3. The lowest BCUT2D eigenvalue weighted by molar-refractivity contribution is -0.145. The van der Waals surface area contributed by atoms with Gasteiger partial charge in [-0.3, -0.25) is 24.1 Å². The minimum Gasteiger partial charge on any atom is -0.465 e. The maximum atomic E-state index is 12.6. The van der Waals surface area contributed by atoms with Crippen LogP contribution in [-0.4, -0.2) is 47.8 Å². The Morgan fingerprint density at radius 2 is 1.76 bits per heavy atom. The van der Waals surface area contributed by atoms with E-state index in [2.05, 4.69) is 27.9 Å². The van der Waals surface area contributed by atoms with E-state index < -0.39 is 17.9 Å². The van der Waals surface area contributed by atoms with Crippen LogP contribution >= 0.6 is 22.6 Å². The first-order valence-electron chi connectivity index (χ1n) is 10.7. The highest BCUT2D eigenvalue weighted by Gasteiger charge is 2.35. The summed E-state index contributed by atoms with van der Waals surface area (Å²) < 4.78 is 5.98. The van der Waals surface area contributed by atoms with Crippen molar-refractivity contribution in [1.82, 2.24) is 4.90 Å². The first-order chi connectivity index (χ1) is 15.7. The lowest BCUT2D eigenvalue weighted by Gasteiger charge is -2.25. The fourth-order valence-corrected chi connectivity index (χ4v) is 4.40. The molecule has 1 aliphatic heterocycles. The number of halogens is 1. The molecule has 0 radical (unpaired) electrons. The molecule has 2 atom stereocenters. The number of benzene rings is 2. The number of anilines is 1. The fraction of sp³-hybridized carbons (Fsp3) is 0.333. The minimum atomic E-state index is -0.933. The van der Waals surface area contributed by atoms with Crippen LogP contribution in [0.4, 0.5) is 5.69 Å². The predicted octanol–water partition coefficient (Wildman–Crippen LogP) is 3.30. The normalized spacial score (nSPS) is 14.6. The molecule has 0 spiro atoms. The van der Waals surface area contributed by atoms with Gasteiger partial charge in [0, 0.05) is 23.0 Å². The topological polar surface area (TPSA) is 119 Å². The largest absolute Gasteiger partial charge is 0.465 e. The lowest BCUT2D eigenvalue weighted by Crippen LogP contribution is -2.39. The van der Waals surface area contributed by atoms with Gasteiger partial charge in [-0.25, -0.2) is 0 Å². The summed E-state index contributed by atoms with van der Waals surface area (Å²) in [6.45, 7) is 3.55. The SMILES string of the molecule is CCOC(=O)[C@@H](N)[C@@H](CCCN1C(=O)c2ccccc2C1=O)c1ccc(I)c(NC(C)=O)c1. The third-order valence-electron chi connectivity index (χ3n) is 5.50. The van der Waals surface area contributed by atoms with Gasteiger partial charge in [0.15, 0.2) is 0 Å². The van der Waals surface area contributed by atoms with Crippen molar-refractivity contribution in [3.63, 3.8) is 0 Å². The monoisotopic (exact) mass is 563 g/mol. The number of nitrogens with two attached hydrogens (primary N) is 1. The molecule has 33 heavy (non-hydrogen) atoms. The van der Waals surface area contributed by atoms with Gasteiger partial charge in [-0.1, -0.05) is 18.2 Å². The molecule has 2 aromatic carbocycles. The van der Waals surface area contributed by atoms with Crippen LogP contribution in [0.5, 0.6) is 0 Å². The highest BCUT2D eigenvalue weighted by molar-refractivity contribution is 14.1. The third kappa shape index (κ3) is 5.59. The molecule has 1 heterocycles. The number of amides is 3. The van der Waals surface area contributed by atoms with Crippen molar-refractivity contribution in [2.24, 2.45) is 5.73 Å². The van der Waals surface area contributed by atoms with Crippen LogP contribution in [0.1, 0.15) is 58.9 Å². The van der Waals surface area contributed by atoms with Crippen molar-refractivity contribution in [2.45, 2.75) is 38.6 Å². The second kappa shape index (κ2) is 10.9. The molecule has 0 saturated heterocycles. The maximum absolute atomic E-state index is 12.6. The van der Waals surface area contributed by atoms with Crippen LogP contribution < -0.4 is 11.1 Å². The molecule has 0 fully saturated rings. The zero-order chi connectivity index (χ0) is 24.1. The average Bonchev–Trinajstić information content (AvgIpc) is 3.03. The highest BCUT2D eigenvalue weighted by Crippen LogP contribution is 2.31. The number of fused-ring (bicyclic) bond motifs is 1. The molecule has 9 heteroatoms. The Balaban J connectivity index is 1.79. The molecule has 8 nitrogen and oxygen atoms in total. The van der Waals surface area contributed by atoms with Gasteiger partial charge < -0.3 is 15.8 Å². The van der Waals surface area contributed by atoms with Crippen molar-refractivity contribution < 1.29 is 23.9 Å². The summed E-state index contributed by atoms with van der Waals surface area (Å²) in [7, 11) is 0. The van der Waals surface area contributed by atoms with Crippen molar-refractivity contribution in [3.05, 3.63) is 62.7 Å². The number of nitrogens with zero attached hydrogens (tertiary/aromatic N) is 1. The van der Waals surface area contributed by atoms with Gasteiger partial charge >= 0.3 is 5.97 Å². The van der Waals surface area contributed by atoms with E-state index >= 15 is 0 Å². The zero-order valence-corrected chi connectivity index (χ0v) is 20.6. The van der Waals surface area contributed by atoms with Crippen molar-refractivity contribution >= 4 is 52.0 Å². The summed E-state index contributed by atoms with van der Waals surface area (Å²) in [6.07, 6.45) is 0.887. The number of hydrogen-bond acceptors (Lipinski definition) is 6. The number of esters is 1. The summed E-state index contributed by atoms with van der Waals surface area (Å²) in [5.41, 5.74) is 8.47. The van der Waals surface area contributed by atoms with Gasteiger partial charge in [-0.15, -0.1) is 0 Å². The Morgan fingerprint density at radius 3 is 2.33 bits per heavy atom. The summed E-state index contributed by atoms with van der Waals surface area (Å²) in [5.74, 6) is -1.79. The molecule has 0 aromatic heterocycles.